The molecule has 0 aliphatic heterocycles. The first kappa shape index (κ1) is 10.5. The molecule has 1 aliphatic rings. The van der Waals surface area contributed by atoms with Crippen molar-refractivity contribution in [1.29, 1.82) is 0 Å². The van der Waals surface area contributed by atoms with Crippen LogP contribution in [0.4, 0.5) is 0 Å². The first-order valence-corrected chi connectivity index (χ1v) is 5.84. The Morgan fingerprint density at radius 1 is 1.50 bits per heavy atom. The number of halogens is 2. The zero-order valence-corrected chi connectivity index (χ0v) is 10.3. The van der Waals surface area contributed by atoms with Crippen LogP contribution in [0, 0.1) is 5.41 Å². The summed E-state index contributed by atoms with van der Waals surface area (Å²) in [7, 11) is 0. The molecule has 0 heterocycles. The number of hydrogen-bond acceptors (Lipinski definition) is 1. The third kappa shape index (κ3) is 1.71. The van der Waals surface area contributed by atoms with E-state index in [1.165, 1.54) is 0 Å². The van der Waals surface area contributed by atoms with E-state index < -0.39 is 6.10 Å². The fourth-order valence-electron chi connectivity index (χ4n) is 1.59. The summed E-state index contributed by atoms with van der Waals surface area (Å²) >= 11 is 9.49. The highest BCUT2D eigenvalue weighted by molar-refractivity contribution is 9.10. The van der Waals surface area contributed by atoms with Crippen molar-refractivity contribution in [2.24, 2.45) is 5.41 Å². The minimum Gasteiger partial charge on any atom is -0.388 e. The van der Waals surface area contributed by atoms with E-state index in [1.807, 2.05) is 18.2 Å². The van der Waals surface area contributed by atoms with E-state index in [4.69, 9.17) is 11.6 Å². The van der Waals surface area contributed by atoms with E-state index >= 15 is 0 Å². The van der Waals surface area contributed by atoms with Crippen LogP contribution in [0.1, 0.15) is 31.4 Å². The minimum atomic E-state index is -0.453. The lowest BCUT2D eigenvalue weighted by Gasteiger charge is -2.20. The molecule has 1 nitrogen and oxygen atoms in total. The summed E-state index contributed by atoms with van der Waals surface area (Å²) in [6.45, 7) is 2.09. The molecule has 0 aromatic heterocycles. The predicted octanol–water partition coefficient (Wildman–Crippen LogP) is 3.94. The van der Waals surface area contributed by atoms with Crippen molar-refractivity contribution in [2.45, 2.75) is 25.9 Å². The van der Waals surface area contributed by atoms with Gasteiger partial charge in [0.25, 0.3) is 0 Å². The van der Waals surface area contributed by atoms with Gasteiger partial charge in [0.1, 0.15) is 0 Å². The Bertz CT molecular complexity index is 340. The monoisotopic (exact) mass is 274 g/mol. The van der Waals surface area contributed by atoms with Gasteiger partial charge in [0.15, 0.2) is 0 Å². The second-order valence-corrected chi connectivity index (χ2v) is 5.45. The van der Waals surface area contributed by atoms with Gasteiger partial charge in [0, 0.05) is 15.1 Å². The van der Waals surface area contributed by atoms with Gasteiger partial charge in [0.2, 0.25) is 0 Å². The topological polar surface area (TPSA) is 20.2 Å². The van der Waals surface area contributed by atoms with Gasteiger partial charge in [-0.3, -0.25) is 0 Å². The number of aliphatic hydroxyl groups excluding tert-OH is 1. The van der Waals surface area contributed by atoms with Crippen LogP contribution in [0.2, 0.25) is 5.02 Å². The second-order valence-electron chi connectivity index (χ2n) is 4.19. The van der Waals surface area contributed by atoms with Crippen LogP contribution in [0.5, 0.6) is 0 Å². The Morgan fingerprint density at radius 2 is 2.14 bits per heavy atom. The molecule has 0 radical (unpaired) electrons. The zero-order chi connectivity index (χ0) is 10.3. The maximum atomic E-state index is 10.2. The fraction of sp³-hybridized carbons (Fsp3) is 0.455. The average Bonchev–Trinajstić information content (AvgIpc) is 2.84. The molecule has 3 heteroatoms. The van der Waals surface area contributed by atoms with Crippen LogP contribution in [0.3, 0.4) is 0 Å². The molecule has 76 valence electrons. The van der Waals surface area contributed by atoms with Crippen molar-refractivity contribution >= 4 is 27.5 Å². The number of rotatable bonds is 2. The van der Waals surface area contributed by atoms with Crippen molar-refractivity contribution in [3.8, 4) is 0 Å². The maximum absolute atomic E-state index is 10.2. The molecule has 1 aromatic carbocycles. The molecular formula is C11H12BrClO. The van der Waals surface area contributed by atoms with E-state index in [2.05, 4.69) is 22.9 Å². The molecule has 2 rings (SSSR count). The summed E-state index contributed by atoms with van der Waals surface area (Å²) in [6, 6.07) is 5.60. The molecule has 1 saturated carbocycles. The molecule has 1 fully saturated rings. The molecule has 1 aliphatic carbocycles. The maximum Gasteiger partial charge on any atom is 0.0868 e. The summed E-state index contributed by atoms with van der Waals surface area (Å²) in [5, 5.41) is 10.8. The van der Waals surface area contributed by atoms with Crippen LogP contribution in [0.15, 0.2) is 22.7 Å². The molecule has 14 heavy (non-hydrogen) atoms. The van der Waals surface area contributed by atoms with E-state index in [-0.39, 0.29) is 5.41 Å². The van der Waals surface area contributed by atoms with E-state index in [1.54, 1.807) is 0 Å². The van der Waals surface area contributed by atoms with Crippen molar-refractivity contribution in [2.75, 3.05) is 0 Å². The number of benzene rings is 1. The molecule has 1 aromatic rings. The first-order valence-electron chi connectivity index (χ1n) is 4.66. The number of aliphatic hydroxyl groups is 1. The molecule has 1 unspecified atom stereocenters. The van der Waals surface area contributed by atoms with Crippen molar-refractivity contribution in [1.82, 2.24) is 0 Å². The Balaban J connectivity index is 2.40. The van der Waals surface area contributed by atoms with Crippen LogP contribution in [-0.4, -0.2) is 5.11 Å². The zero-order valence-electron chi connectivity index (χ0n) is 7.93. The quantitative estimate of drug-likeness (QED) is 0.867. The van der Waals surface area contributed by atoms with E-state index in [9.17, 15) is 5.11 Å². The Kier molecular flexibility index (Phi) is 2.63. The summed E-state index contributed by atoms with van der Waals surface area (Å²) in [4.78, 5) is 0. The van der Waals surface area contributed by atoms with E-state index in [0.717, 1.165) is 22.9 Å². The summed E-state index contributed by atoms with van der Waals surface area (Å²) < 4.78 is 0.894. The number of hydrogen-bond donors (Lipinski definition) is 1. The van der Waals surface area contributed by atoms with Crippen LogP contribution in [0.25, 0.3) is 0 Å². The molecule has 0 spiro atoms. The second kappa shape index (κ2) is 3.51. The van der Waals surface area contributed by atoms with Gasteiger partial charge in [-0.1, -0.05) is 40.5 Å². The van der Waals surface area contributed by atoms with Gasteiger partial charge in [-0.05, 0) is 30.4 Å². The predicted molar refractivity (Wildman–Crippen MR) is 61.5 cm³/mol. The van der Waals surface area contributed by atoms with Gasteiger partial charge in [0.05, 0.1) is 6.10 Å². The molecule has 1 atom stereocenters. The van der Waals surface area contributed by atoms with Gasteiger partial charge in [-0.15, -0.1) is 0 Å². The average molecular weight is 276 g/mol. The molecule has 1 N–H and O–H groups in total. The highest BCUT2D eigenvalue weighted by atomic mass is 79.9. The third-order valence-electron chi connectivity index (χ3n) is 2.97. The van der Waals surface area contributed by atoms with Gasteiger partial charge >= 0.3 is 0 Å². The highest BCUT2D eigenvalue weighted by Gasteiger charge is 2.45. The standard InChI is InChI=1S/C11H12BrClO/c1-11(5-6-11)10(14)9-7(12)3-2-4-8(9)13/h2-4,10,14H,5-6H2,1H3. The Hall–Kier alpha value is -0.0500. The Morgan fingerprint density at radius 3 is 2.64 bits per heavy atom. The molecule has 0 bridgehead atoms. The van der Waals surface area contributed by atoms with Crippen molar-refractivity contribution < 1.29 is 5.11 Å². The largest absolute Gasteiger partial charge is 0.388 e. The minimum absolute atomic E-state index is 0.0352. The Labute approximate surface area is 97.2 Å². The summed E-state index contributed by atoms with van der Waals surface area (Å²) in [5.74, 6) is 0. The smallest absolute Gasteiger partial charge is 0.0868 e. The summed E-state index contributed by atoms with van der Waals surface area (Å²) in [5.41, 5.74) is 0.863. The van der Waals surface area contributed by atoms with Crippen molar-refractivity contribution in [3.05, 3.63) is 33.3 Å². The fourth-order valence-corrected chi connectivity index (χ4v) is 2.57. The van der Waals surface area contributed by atoms with Crippen LogP contribution < -0.4 is 0 Å². The van der Waals surface area contributed by atoms with Gasteiger partial charge in [-0.2, -0.15) is 0 Å². The summed E-state index contributed by atoms with van der Waals surface area (Å²) in [6.07, 6.45) is 1.70. The molecule has 0 saturated heterocycles. The van der Waals surface area contributed by atoms with Crippen LogP contribution in [-0.2, 0) is 0 Å². The van der Waals surface area contributed by atoms with Gasteiger partial charge in [-0.25, -0.2) is 0 Å². The van der Waals surface area contributed by atoms with E-state index in [0.29, 0.717) is 5.02 Å². The normalized spacial score (nSPS) is 20.6. The highest BCUT2D eigenvalue weighted by Crippen LogP contribution is 2.56. The lowest BCUT2D eigenvalue weighted by molar-refractivity contribution is 0.103. The molecular weight excluding hydrogens is 263 g/mol. The third-order valence-corrected chi connectivity index (χ3v) is 3.99. The molecule has 0 amide bonds. The lowest BCUT2D eigenvalue weighted by atomic mass is 9.95. The SMILES string of the molecule is CC1(C(O)c2c(Cl)cccc2Br)CC1. The van der Waals surface area contributed by atoms with Crippen molar-refractivity contribution in [3.63, 3.8) is 0 Å². The lowest BCUT2D eigenvalue weighted by Crippen LogP contribution is -2.10. The van der Waals surface area contributed by atoms with Gasteiger partial charge < -0.3 is 5.11 Å². The van der Waals surface area contributed by atoms with Crippen LogP contribution >= 0.6 is 27.5 Å². The first-order chi connectivity index (χ1) is 6.54.